The first-order valence-electron chi connectivity index (χ1n) is 16.7. The molecule has 0 N–H and O–H groups in total. The van der Waals surface area contributed by atoms with E-state index in [1.54, 1.807) is 0 Å². The fourth-order valence-electron chi connectivity index (χ4n) is 6.56. The number of pyridine rings is 2. The molecular formula is C46H30N4. The smallest absolute Gasteiger partial charge is 0.160 e. The van der Waals surface area contributed by atoms with Gasteiger partial charge in [0.25, 0.3) is 0 Å². The van der Waals surface area contributed by atoms with Crippen LogP contribution in [-0.2, 0) is 0 Å². The van der Waals surface area contributed by atoms with Crippen LogP contribution >= 0.6 is 0 Å². The predicted octanol–water partition coefficient (Wildman–Crippen LogP) is 11.6. The van der Waals surface area contributed by atoms with Crippen molar-refractivity contribution in [3.05, 3.63) is 182 Å². The Morgan fingerprint density at radius 2 is 0.780 bits per heavy atom. The molecule has 0 saturated carbocycles. The van der Waals surface area contributed by atoms with E-state index >= 15 is 0 Å². The van der Waals surface area contributed by atoms with Crippen molar-refractivity contribution in [1.29, 1.82) is 0 Å². The molecule has 0 atom stereocenters. The average molecular weight is 639 g/mol. The maximum atomic E-state index is 5.03. The second-order valence-electron chi connectivity index (χ2n) is 12.3. The molecule has 0 aliphatic rings. The van der Waals surface area contributed by atoms with Gasteiger partial charge in [-0.05, 0) is 40.3 Å². The molecule has 0 bridgehead atoms. The Labute approximate surface area is 290 Å². The van der Waals surface area contributed by atoms with Crippen molar-refractivity contribution in [2.45, 2.75) is 0 Å². The summed E-state index contributed by atoms with van der Waals surface area (Å²) in [5.41, 5.74) is 12.0. The fourth-order valence-corrected chi connectivity index (χ4v) is 6.56. The minimum absolute atomic E-state index is 0.698. The maximum Gasteiger partial charge on any atom is 0.160 e. The molecule has 0 unspecified atom stereocenters. The van der Waals surface area contributed by atoms with E-state index in [1.165, 1.54) is 16.5 Å². The van der Waals surface area contributed by atoms with Gasteiger partial charge in [-0.3, -0.25) is 4.98 Å². The van der Waals surface area contributed by atoms with E-state index in [0.717, 1.165) is 66.9 Å². The molecule has 0 fully saturated rings. The lowest BCUT2D eigenvalue weighted by atomic mass is 10.00. The third-order valence-electron chi connectivity index (χ3n) is 9.17. The van der Waals surface area contributed by atoms with Gasteiger partial charge in [0.1, 0.15) is 0 Å². The molecule has 3 heterocycles. The Kier molecular flexibility index (Phi) is 7.45. The molecule has 0 aliphatic carbocycles. The van der Waals surface area contributed by atoms with Crippen molar-refractivity contribution in [3.63, 3.8) is 0 Å². The first-order chi connectivity index (χ1) is 24.8. The van der Waals surface area contributed by atoms with Crippen LogP contribution in [0.5, 0.6) is 0 Å². The Morgan fingerprint density at radius 1 is 0.300 bits per heavy atom. The Balaban J connectivity index is 1.04. The minimum Gasteiger partial charge on any atom is -0.254 e. The quantitative estimate of drug-likeness (QED) is 0.170. The Hall–Kier alpha value is -6.78. The summed E-state index contributed by atoms with van der Waals surface area (Å²) in [7, 11) is 0. The molecular weight excluding hydrogens is 609 g/mol. The third kappa shape index (κ3) is 5.59. The van der Waals surface area contributed by atoms with E-state index in [1.807, 2.05) is 36.5 Å². The monoisotopic (exact) mass is 638 g/mol. The number of fused-ring (bicyclic) bond motifs is 3. The number of hydrogen-bond donors (Lipinski definition) is 0. The zero-order valence-electron chi connectivity index (χ0n) is 27.1. The molecule has 0 spiro atoms. The van der Waals surface area contributed by atoms with Crippen molar-refractivity contribution in [3.8, 4) is 67.5 Å². The molecule has 234 valence electrons. The number of rotatable bonds is 6. The predicted molar refractivity (Wildman–Crippen MR) is 205 cm³/mol. The highest BCUT2D eigenvalue weighted by Gasteiger charge is 2.13. The molecule has 4 heteroatoms. The highest BCUT2D eigenvalue weighted by molar-refractivity contribution is 6.10. The van der Waals surface area contributed by atoms with Crippen LogP contribution in [0.1, 0.15) is 0 Å². The van der Waals surface area contributed by atoms with Crippen molar-refractivity contribution in [2.24, 2.45) is 0 Å². The Morgan fingerprint density at radius 3 is 1.40 bits per heavy atom. The summed E-state index contributed by atoms with van der Waals surface area (Å²) < 4.78 is 0. The molecule has 6 aromatic carbocycles. The lowest BCUT2D eigenvalue weighted by Gasteiger charge is -2.11. The summed E-state index contributed by atoms with van der Waals surface area (Å²) in [6, 6.07) is 60.7. The van der Waals surface area contributed by atoms with Gasteiger partial charge in [0.05, 0.1) is 28.3 Å². The molecule has 0 amide bonds. The molecule has 0 saturated heterocycles. The fraction of sp³-hybridized carbons (Fsp3) is 0. The SMILES string of the molecule is c1ccc(-c2ccc(-c3cc(-c4ccc(-c5ccc(-c6nc7ccccc7c7ccccc67)nc5)cc4)nc(-c4ccccc4)n3)cc2)cc1. The van der Waals surface area contributed by atoms with Crippen molar-refractivity contribution in [1.82, 2.24) is 19.9 Å². The van der Waals surface area contributed by atoms with Crippen LogP contribution in [0.3, 0.4) is 0 Å². The molecule has 3 aromatic heterocycles. The maximum absolute atomic E-state index is 5.03. The van der Waals surface area contributed by atoms with Crippen molar-refractivity contribution < 1.29 is 0 Å². The number of para-hydroxylation sites is 1. The normalized spacial score (nSPS) is 11.2. The van der Waals surface area contributed by atoms with E-state index in [0.29, 0.717) is 5.82 Å². The zero-order valence-corrected chi connectivity index (χ0v) is 27.1. The zero-order chi connectivity index (χ0) is 33.3. The van der Waals surface area contributed by atoms with E-state index < -0.39 is 0 Å². The molecule has 9 aromatic rings. The number of hydrogen-bond acceptors (Lipinski definition) is 4. The van der Waals surface area contributed by atoms with Crippen LogP contribution < -0.4 is 0 Å². The molecule has 9 rings (SSSR count). The van der Waals surface area contributed by atoms with Crippen molar-refractivity contribution in [2.75, 3.05) is 0 Å². The van der Waals surface area contributed by atoms with E-state index in [2.05, 4.69) is 146 Å². The van der Waals surface area contributed by atoms with Crippen molar-refractivity contribution >= 4 is 21.7 Å². The van der Waals surface area contributed by atoms with Gasteiger partial charge in [-0.1, -0.05) is 158 Å². The minimum atomic E-state index is 0.698. The molecule has 4 nitrogen and oxygen atoms in total. The van der Waals surface area contributed by atoms with Gasteiger partial charge in [-0.15, -0.1) is 0 Å². The second-order valence-corrected chi connectivity index (χ2v) is 12.3. The van der Waals surface area contributed by atoms with Crippen LogP contribution in [0.25, 0.3) is 89.2 Å². The van der Waals surface area contributed by atoms with Crippen LogP contribution in [0.2, 0.25) is 0 Å². The van der Waals surface area contributed by atoms with Gasteiger partial charge in [0, 0.05) is 39.2 Å². The molecule has 50 heavy (non-hydrogen) atoms. The first-order valence-corrected chi connectivity index (χ1v) is 16.7. The largest absolute Gasteiger partial charge is 0.254 e. The molecule has 0 radical (unpaired) electrons. The summed E-state index contributed by atoms with van der Waals surface area (Å²) in [6.07, 6.45) is 1.94. The van der Waals surface area contributed by atoms with Crippen LogP contribution in [0.4, 0.5) is 0 Å². The third-order valence-corrected chi connectivity index (χ3v) is 9.17. The summed E-state index contributed by atoms with van der Waals surface area (Å²) in [5.74, 6) is 0.698. The van der Waals surface area contributed by atoms with Crippen LogP contribution in [0, 0.1) is 0 Å². The average Bonchev–Trinajstić information content (AvgIpc) is 3.21. The van der Waals surface area contributed by atoms with E-state index in [4.69, 9.17) is 19.9 Å². The van der Waals surface area contributed by atoms with Crippen LogP contribution in [0.15, 0.2) is 182 Å². The number of benzene rings is 6. The summed E-state index contributed by atoms with van der Waals surface area (Å²) in [6.45, 7) is 0. The highest BCUT2D eigenvalue weighted by atomic mass is 14.9. The van der Waals surface area contributed by atoms with E-state index in [9.17, 15) is 0 Å². The van der Waals surface area contributed by atoms with Gasteiger partial charge in [0.15, 0.2) is 5.82 Å². The highest BCUT2D eigenvalue weighted by Crippen LogP contribution is 2.34. The van der Waals surface area contributed by atoms with Gasteiger partial charge in [0.2, 0.25) is 0 Å². The number of aromatic nitrogens is 4. The second kappa shape index (κ2) is 12.7. The topological polar surface area (TPSA) is 51.6 Å². The number of nitrogens with zero attached hydrogens (tertiary/aromatic N) is 4. The Bertz CT molecular complexity index is 2600. The van der Waals surface area contributed by atoms with Gasteiger partial charge >= 0.3 is 0 Å². The summed E-state index contributed by atoms with van der Waals surface area (Å²) in [4.78, 5) is 20.0. The first kappa shape index (κ1) is 29.4. The van der Waals surface area contributed by atoms with Crippen LogP contribution in [-0.4, -0.2) is 19.9 Å². The lowest BCUT2D eigenvalue weighted by molar-refractivity contribution is 1.18. The summed E-state index contributed by atoms with van der Waals surface area (Å²) in [5, 5.41) is 3.43. The lowest BCUT2D eigenvalue weighted by Crippen LogP contribution is -1.96. The summed E-state index contributed by atoms with van der Waals surface area (Å²) >= 11 is 0. The van der Waals surface area contributed by atoms with E-state index in [-0.39, 0.29) is 0 Å². The van der Waals surface area contributed by atoms with Gasteiger partial charge in [-0.25, -0.2) is 15.0 Å². The van der Waals surface area contributed by atoms with Gasteiger partial charge in [-0.2, -0.15) is 0 Å². The standard InChI is InChI=1S/C46H30N4/c1-3-11-31(12-4-1)32-19-23-34(24-20-32)43-29-44(50-46(49-43)36-13-5-2-6-14-36)35-25-21-33(22-26-35)37-27-28-42(47-30-37)45-40-17-8-7-15-38(40)39-16-9-10-18-41(39)48-45/h1-30H. The molecule has 0 aliphatic heterocycles. The van der Waals surface area contributed by atoms with Gasteiger partial charge < -0.3 is 0 Å².